The van der Waals surface area contributed by atoms with E-state index < -0.39 is 0 Å². The number of aromatic nitrogens is 1. The molecule has 1 fully saturated rings. The summed E-state index contributed by atoms with van der Waals surface area (Å²) in [6.45, 7) is 10.2. The Balaban J connectivity index is 1.92. The van der Waals surface area contributed by atoms with Crippen molar-refractivity contribution in [1.82, 2.24) is 9.88 Å². The van der Waals surface area contributed by atoms with Gasteiger partial charge in [0.1, 0.15) is 0 Å². The van der Waals surface area contributed by atoms with Crippen molar-refractivity contribution < 1.29 is 14.9 Å². The fraction of sp³-hybridized carbons (Fsp3) is 0.810. The Morgan fingerprint density at radius 1 is 1.34 bits per heavy atom. The summed E-state index contributed by atoms with van der Waals surface area (Å²) in [6.07, 6.45) is 8.20. The van der Waals surface area contributed by atoms with Gasteiger partial charge in [-0.25, -0.2) is 14.7 Å². The number of anilines is 1. The van der Waals surface area contributed by atoms with E-state index in [1.807, 2.05) is 0 Å². The number of nitrogens with zero attached hydrogens (tertiary/aromatic N) is 2. The number of hydrogen-bond donors (Lipinski definition) is 2. The minimum absolute atomic E-state index is 0.0155. The molecule has 2 N–H and O–H groups in total. The molecule has 0 bridgehead atoms. The molecule has 8 heteroatoms. The van der Waals surface area contributed by atoms with Crippen molar-refractivity contribution in [3.05, 3.63) is 6.20 Å². The van der Waals surface area contributed by atoms with Gasteiger partial charge in [-0.3, -0.25) is 10.6 Å². The van der Waals surface area contributed by atoms with Gasteiger partial charge in [-0.1, -0.05) is 39.0 Å². The van der Waals surface area contributed by atoms with E-state index in [4.69, 9.17) is 5.26 Å². The number of nitrogens with one attached hydrogen (secondary N) is 1. The average molecular weight is 444 g/mol. The summed E-state index contributed by atoms with van der Waals surface area (Å²) >= 11 is 3.16. The maximum atomic E-state index is 13.1. The van der Waals surface area contributed by atoms with Gasteiger partial charge in [0.2, 0.25) is 0 Å². The second kappa shape index (κ2) is 12.8. The number of thioether (sulfide) groups is 1. The second-order valence-corrected chi connectivity index (χ2v) is 11.1. The van der Waals surface area contributed by atoms with E-state index in [-0.39, 0.29) is 6.03 Å². The van der Waals surface area contributed by atoms with Gasteiger partial charge in [-0.15, -0.1) is 11.8 Å². The first-order valence-corrected chi connectivity index (χ1v) is 12.6. The molecule has 166 valence electrons. The summed E-state index contributed by atoms with van der Waals surface area (Å²) in [6, 6.07) is 0.314. The molecule has 29 heavy (non-hydrogen) atoms. The maximum Gasteiger partial charge on any atom is 0.323 e. The quantitative estimate of drug-likeness (QED) is 0.184. The van der Waals surface area contributed by atoms with Gasteiger partial charge in [-0.05, 0) is 56.3 Å². The summed E-state index contributed by atoms with van der Waals surface area (Å²) < 4.78 is 1.06. The Bertz CT molecular complexity index is 602. The first-order valence-electron chi connectivity index (χ1n) is 10.8. The second-order valence-electron chi connectivity index (χ2n) is 8.64. The molecule has 2 amide bonds. The maximum absolute atomic E-state index is 13.1. The summed E-state index contributed by atoms with van der Waals surface area (Å²) in [7, 11) is 0. The van der Waals surface area contributed by atoms with Crippen molar-refractivity contribution in [3.8, 4) is 0 Å². The van der Waals surface area contributed by atoms with Crippen LogP contribution in [0.25, 0.3) is 0 Å². The average Bonchev–Trinajstić information content (AvgIpc) is 3.12. The highest BCUT2D eigenvalue weighted by molar-refractivity contribution is 8.01. The Morgan fingerprint density at radius 2 is 2.07 bits per heavy atom. The third-order valence-corrected chi connectivity index (χ3v) is 7.85. The zero-order valence-corrected chi connectivity index (χ0v) is 19.9. The summed E-state index contributed by atoms with van der Waals surface area (Å²) in [5.74, 6) is 2.93. The van der Waals surface area contributed by atoms with E-state index in [0.717, 1.165) is 54.0 Å². The third-order valence-electron chi connectivity index (χ3n) is 5.66. The van der Waals surface area contributed by atoms with Gasteiger partial charge in [-0.2, -0.15) is 0 Å². The predicted octanol–water partition coefficient (Wildman–Crippen LogP) is 6.21. The van der Waals surface area contributed by atoms with Crippen LogP contribution in [0.2, 0.25) is 0 Å². The molecule has 1 saturated carbocycles. The number of amides is 2. The molecule has 0 radical (unpaired) electrons. The minimum Gasteiger partial charge on any atom is -0.321 e. The lowest BCUT2D eigenvalue weighted by Gasteiger charge is -2.38. The smallest absolute Gasteiger partial charge is 0.321 e. The molecular formula is C21H37N3O3S2. The van der Waals surface area contributed by atoms with E-state index in [0.29, 0.717) is 23.7 Å². The van der Waals surface area contributed by atoms with Crippen LogP contribution in [0.3, 0.4) is 0 Å². The van der Waals surface area contributed by atoms with E-state index in [9.17, 15) is 4.79 Å². The van der Waals surface area contributed by atoms with Crippen molar-refractivity contribution >= 4 is 34.3 Å². The molecule has 1 heterocycles. The van der Waals surface area contributed by atoms with E-state index in [1.165, 1.54) is 24.2 Å². The Kier molecular flexibility index (Phi) is 10.8. The molecule has 6 nitrogen and oxygen atoms in total. The SMILES string of the molecule is CC(C)CCN(C(=O)Nc1ncc(SCCCOO)s1)C1CCC(C(C)C)CC1. The van der Waals surface area contributed by atoms with Crippen LogP contribution in [-0.4, -0.2) is 46.1 Å². The molecule has 2 rings (SSSR count). The summed E-state index contributed by atoms with van der Waals surface area (Å²) in [4.78, 5) is 23.6. The Labute approximate surface area is 183 Å². The molecule has 1 aliphatic carbocycles. The van der Waals surface area contributed by atoms with E-state index >= 15 is 0 Å². The van der Waals surface area contributed by atoms with Crippen molar-refractivity contribution in [1.29, 1.82) is 0 Å². The number of carbonyl (C=O) groups excluding carboxylic acids is 1. The van der Waals surface area contributed by atoms with Crippen molar-refractivity contribution in [2.75, 3.05) is 24.2 Å². The lowest BCUT2D eigenvalue weighted by atomic mass is 9.79. The third kappa shape index (κ3) is 8.44. The van der Waals surface area contributed by atoms with Crippen LogP contribution in [0.4, 0.5) is 9.93 Å². The molecule has 0 aliphatic heterocycles. The van der Waals surface area contributed by atoms with Crippen molar-refractivity contribution in [2.45, 2.75) is 76.5 Å². The molecule has 1 aliphatic rings. The molecule has 0 spiro atoms. The zero-order chi connectivity index (χ0) is 21.2. The molecule has 0 unspecified atom stereocenters. The van der Waals surface area contributed by atoms with Gasteiger partial charge in [0.15, 0.2) is 5.13 Å². The standard InChI is InChI=1S/C21H37N3O3S2/c1-15(2)10-11-24(18-8-6-17(7-9-18)16(3)4)21(25)23-20-22-14-19(29-20)28-13-5-12-27-26/h14-18,26H,5-13H2,1-4H3,(H,22,23,25). The van der Waals surface area contributed by atoms with Crippen LogP contribution in [0, 0.1) is 17.8 Å². The normalized spacial score (nSPS) is 19.7. The molecular weight excluding hydrogens is 406 g/mol. The highest BCUT2D eigenvalue weighted by Gasteiger charge is 2.30. The molecule has 0 aromatic carbocycles. The fourth-order valence-electron chi connectivity index (χ4n) is 3.77. The van der Waals surface area contributed by atoms with E-state index in [1.54, 1.807) is 18.0 Å². The number of rotatable bonds is 11. The van der Waals surface area contributed by atoms with Gasteiger partial charge in [0.25, 0.3) is 0 Å². The van der Waals surface area contributed by atoms with Crippen LogP contribution in [0.1, 0.15) is 66.2 Å². The summed E-state index contributed by atoms with van der Waals surface area (Å²) in [5, 5.41) is 12.1. The van der Waals surface area contributed by atoms with Crippen LogP contribution >= 0.6 is 23.1 Å². The molecule has 1 aromatic heterocycles. The number of carbonyl (C=O) groups is 1. The molecule has 1 aromatic rings. The predicted molar refractivity (Wildman–Crippen MR) is 122 cm³/mol. The lowest BCUT2D eigenvalue weighted by molar-refractivity contribution is -0.241. The van der Waals surface area contributed by atoms with Gasteiger partial charge < -0.3 is 4.90 Å². The topological polar surface area (TPSA) is 74.7 Å². The number of hydrogen-bond acceptors (Lipinski definition) is 6. The Morgan fingerprint density at radius 3 is 2.69 bits per heavy atom. The van der Waals surface area contributed by atoms with Gasteiger partial charge in [0.05, 0.1) is 17.0 Å². The summed E-state index contributed by atoms with van der Waals surface area (Å²) in [5.41, 5.74) is 0. The first-order chi connectivity index (χ1) is 13.9. The Hall–Kier alpha value is -0.830. The zero-order valence-electron chi connectivity index (χ0n) is 18.2. The number of urea groups is 1. The van der Waals surface area contributed by atoms with Crippen LogP contribution in [-0.2, 0) is 4.89 Å². The monoisotopic (exact) mass is 443 g/mol. The van der Waals surface area contributed by atoms with Crippen molar-refractivity contribution in [2.24, 2.45) is 17.8 Å². The highest BCUT2D eigenvalue weighted by atomic mass is 32.2. The van der Waals surface area contributed by atoms with Crippen LogP contribution < -0.4 is 5.32 Å². The number of thiazole rings is 1. The molecule has 0 atom stereocenters. The first kappa shape index (κ1) is 24.4. The molecule has 0 saturated heterocycles. The van der Waals surface area contributed by atoms with E-state index in [2.05, 4.69) is 47.8 Å². The van der Waals surface area contributed by atoms with Crippen molar-refractivity contribution in [3.63, 3.8) is 0 Å². The fourth-order valence-corrected chi connectivity index (χ4v) is 5.62. The van der Waals surface area contributed by atoms with Gasteiger partial charge >= 0.3 is 6.03 Å². The highest BCUT2D eigenvalue weighted by Crippen LogP contribution is 2.33. The van der Waals surface area contributed by atoms with Crippen LogP contribution in [0.15, 0.2) is 10.4 Å². The lowest BCUT2D eigenvalue weighted by Crippen LogP contribution is -2.45. The minimum atomic E-state index is -0.0155. The van der Waals surface area contributed by atoms with Gasteiger partial charge in [0, 0.05) is 18.3 Å². The van der Waals surface area contributed by atoms with Crippen LogP contribution in [0.5, 0.6) is 0 Å². The largest absolute Gasteiger partial charge is 0.323 e.